The van der Waals surface area contributed by atoms with Crippen LogP contribution < -0.4 is 5.32 Å². The van der Waals surface area contributed by atoms with E-state index in [4.69, 9.17) is 5.11 Å². The minimum atomic E-state index is -1.04. The minimum absolute atomic E-state index is 0.239. The molecule has 0 aliphatic carbocycles. The molecule has 0 aliphatic heterocycles. The number of amides is 1. The second-order valence-electron chi connectivity index (χ2n) is 3.44. The van der Waals surface area contributed by atoms with E-state index in [0.717, 1.165) is 6.08 Å². The Morgan fingerprint density at radius 1 is 1.32 bits per heavy atom. The summed E-state index contributed by atoms with van der Waals surface area (Å²) in [6.45, 7) is 0. The van der Waals surface area contributed by atoms with Gasteiger partial charge in [0, 0.05) is 23.8 Å². The van der Waals surface area contributed by atoms with Crippen LogP contribution >= 0.6 is 11.3 Å². The molecular weight excluding hydrogens is 266 g/mol. The van der Waals surface area contributed by atoms with Gasteiger partial charge in [-0.15, -0.1) is 11.3 Å². The number of hydrogen-bond donors (Lipinski definition) is 2. The number of carboxylic acids is 1. The number of nitrogens with zero attached hydrogens (tertiary/aromatic N) is 2. The summed E-state index contributed by atoms with van der Waals surface area (Å²) >= 11 is 1.31. The molecule has 2 aromatic rings. The molecule has 2 aromatic heterocycles. The number of aromatic nitrogens is 2. The van der Waals surface area contributed by atoms with Crippen molar-refractivity contribution in [2.75, 3.05) is 5.32 Å². The topological polar surface area (TPSA) is 92.2 Å². The molecule has 0 aromatic carbocycles. The molecule has 0 spiro atoms. The molecule has 2 heterocycles. The standard InChI is InChI=1S/C12H9N3O3S/c16-10(17)4-2-8-1-3-9(14-7-8)11(18)15-12-13-5-6-19-12/h1-7H,(H,16,17)(H,13,15,18). The molecule has 0 saturated carbocycles. The van der Waals surface area contributed by atoms with Crippen molar-refractivity contribution in [1.82, 2.24) is 9.97 Å². The van der Waals surface area contributed by atoms with Gasteiger partial charge in [0.15, 0.2) is 5.13 Å². The summed E-state index contributed by atoms with van der Waals surface area (Å²) in [7, 11) is 0. The highest BCUT2D eigenvalue weighted by Crippen LogP contribution is 2.12. The Morgan fingerprint density at radius 2 is 2.16 bits per heavy atom. The summed E-state index contributed by atoms with van der Waals surface area (Å²) in [5, 5.41) is 13.3. The van der Waals surface area contributed by atoms with E-state index in [2.05, 4.69) is 15.3 Å². The van der Waals surface area contributed by atoms with E-state index in [1.807, 2.05) is 0 Å². The number of pyridine rings is 1. The van der Waals surface area contributed by atoms with Crippen molar-refractivity contribution in [3.63, 3.8) is 0 Å². The van der Waals surface area contributed by atoms with Gasteiger partial charge in [-0.05, 0) is 17.7 Å². The maximum atomic E-state index is 11.8. The van der Waals surface area contributed by atoms with E-state index in [0.29, 0.717) is 10.7 Å². The molecule has 7 heteroatoms. The molecule has 2 N–H and O–H groups in total. The highest BCUT2D eigenvalue weighted by atomic mass is 32.1. The molecule has 19 heavy (non-hydrogen) atoms. The first-order valence-electron chi connectivity index (χ1n) is 5.23. The van der Waals surface area contributed by atoms with E-state index >= 15 is 0 Å². The molecule has 0 fully saturated rings. The summed E-state index contributed by atoms with van der Waals surface area (Å²) < 4.78 is 0. The summed E-state index contributed by atoms with van der Waals surface area (Å²) in [4.78, 5) is 30.0. The maximum absolute atomic E-state index is 11.8. The smallest absolute Gasteiger partial charge is 0.328 e. The van der Waals surface area contributed by atoms with Gasteiger partial charge in [-0.25, -0.2) is 9.78 Å². The third-order valence-corrected chi connectivity index (χ3v) is 2.78. The number of carbonyl (C=O) groups is 2. The fraction of sp³-hybridized carbons (Fsp3) is 0. The molecule has 0 bridgehead atoms. The molecule has 2 rings (SSSR count). The van der Waals surface area contributed by atoms with Gasteiger partial charge in [0.2, 0.25) is 0 Å². The van der Waals surface area contributed by atoms with Crippen LogP contribution in [0.15, 0.2) is 36.0 Å². The van der Waals surface area contributed by atoms with Gasteiger partial charge < -0.3 is 5.11 Å². The van der Waals surface area contributed by atoms with Crippen LogP contribution in [-0.4, -0.2) is 27.0 Å². The first-order valence-corrected chi connectivity index (χ1v) is 6.11. The van der Waals surface area contributed by atoms with E-state index in [1.165, 1.54) is 29.7 Å². The third-order valence-electron chi connectivity index (χ3n) is 2.09. The SMILES string of the molecule is O=C(O)C=Cc1ccc(C(=O)Nc2nccs2)nc1. The summed E-state index contributed by atoms with van der Waals surface area (Å²) in [5.74, 6) is -1.39. The zero-order chi connectivity index (χ0) is 13.7. The van der Waals surface area contributed by atoms with Crippen LogP contribution in [0.3, 0.4) is 0 Å². The van der Waals surface area contributed by atoms with Gasteiger partial charge in [-0.3, -0.25) is 15.1 Å². The molecule has 6 nitrogen and oxygen atoms in total. The second kappa shape index (κ2) is 5.87. The molecule has 0 aliphatic rings. The molecular formula is C12H9N3O3S. The first-order chi connectivity index (χ1) is 9.15. The van der Waals surface area contributed by atoms with E-state index < -0.39 is 5.97 Å². The van der Waals surface area contributed by atoms with E-state index in [9.17, 15) is 9.59 Å². The van der Waals surface area contributed by atoms with Crippen molar-refractivity contribution in [1.29, 1.82) is 0 Å². The van der Waals surface area contributed by atoms with Crippen LogP contribution in [0.2, 0.25) is 0 Å². The van der Waals surface area contributed by atoms with Gasteiger partial charge in [-0.2, -0.15) is 0 Å². The number of nitrogens with one attached hydrogen (secondary N) is 1. The normalized spacial score (nSPS) is 10.5. The highest BCUT2D eigenvalue weighted by molar-refractivity contribution is 7.13. The maximum Gasteiger partial charge on any atom is 0.328 e. The number of anilines is 1. The average Bonchev–Trinajstić information content (AvgIpc) is 2.89. The lowest BCUT2D eigenvalue weighted by Gasteiger charge is -2.01. The molecule has 0 atom stereocenters. The van der Waals surface area contributed by atoms with Crippen LogP contribution in [0.5, 0.6) is 0 Å². The van der Waals surface area contributed by atoms with Gasteiger partial charge in [0.05, 0.1) is 0 Å². The van der Waals surface area contributed by atoms with Crippen molar-refractivity contribution in [2.24, 2.45) is 0 Å². The highest BCUT2D eigenvalue weighted by Gasteiger charge is 2.08. The van der Waals surface area contributed by atoms with Crippen LogP contribution in [0, 0.1) is 0 Å². The monoisotopic (exact) mass is 275 g/mol. The Kier molecular flexibility index (Phi) is 3.99. The summed E-state index contributed by atoms with van der Waals surface area (Å²) in [6.07, 6.45) is 5.42. The Morgan fingerprint density at radius 3 is 2.74 bits per heavy atom. The number of hydrogen-bond acceptors (Lipinski definition) is 5. The minimum Gasteiger partial charge on any atom is -0.478 e. The lowest BCUT2D eigenvalue weighted by atomic mass is 10.2. The lowest BCUT2D eigenvalue weighted by molar-refractivity contribution is -0.131. The van der Waals surface area contributed by atoms with Gasteiger partial charge >= 0.3 is 5.97 Å². The summed E-state index contributed by atoms with van der Waals surface area (Å²) in [6, 6.07) is 3.13. The van der Waals surface area contributed by atoms with Gasteiger partial charge in [-0.1, -0.05) is 6.07 Å². The van der Waals surface area contributed by atoms with Crippen molar-refractivity contribution in [3.05, 3.63) is 47.2 Å². The van der Waals surface area contributed by atoms with Gasteiger partial charge in [0.25, 0.3) is 5.91 Å². The molecule has 0 radical (unpaired) electrons. The third kappa shape index (κ3) is 3.71. The Hall–Kier alpha value is -2.54. The zero-order valence-corrected chi connectivity index (χ0v) is 10.4. The predicted molar refractivity (Wildman–Crippen MR) is 71.0 cm³/mol. The number of aliphatic carboxylic acids is 1. The lowest BCUT2D eigenvalue weighted by Crippen LogP contribution is -2.13. The second-order valence-corrected chi connectivity index (χ2v) is 4.33. The van der Waals surface area contributed by atoms with Gasteiger partial charge in [0.1, 0.15) is 5.69 Å². The first kappa shape index (κ1) is 12.9. The largest absolute Gasteiger partial charge is 0.478 e. The van der Waals surface area contributed by atoms with Crippen molar-refractivity contribution in [2.45, 2.75) is 0 Å². The van der Waals surface area contributed by atoms with Crippen LogP contribution in [-0.2, 0) is 4.79 Å². The van der Waals surface area contributed by atoms with Crippen LogP contribution in [0.25, 0.3) is 6.08 Å². The molecule has 96 valence electrons. The number of rotatable bonds is 4. The Labute approximate surface area is 112 Å². The average molecular weight is 275 g/mol. The predicted octanol–water partition coefficient (Wildman–Crippen LogP) is 1.89. The molecule has 0 unspecified atom stereocenters. The van der Waals surface area contributed by atoms with Crippen molar-refractivity contribution < 1.29 is 14.7 Å². The Balaban J connectivity index is 2.05. The van der Waals surface area contributed by atoms with Crippen molar-refractivity contribution >= 4 is 34.4 Å². The van der Waals surface area contributed by atoms with Crippen LogP contribution in [0.1, 0.15) is 16.1 Å². The fourth-order valence-corrected chi connectivity index (χ4v) is 1.78. The van der Waals surface area contributed by atoms with E-state index in [1.54, 1.807) is 17.6 Å². The Bertz CT molecular complexity index is 606. The van der Waals surface area contributed by atoms with Crippen LogP contribution in [0.4, 0.5) is 5.13 Å². The number of thiazole rings is 1. The fourth-order valence-electron chi connectivity index (χ4n) is 1.25. The molecule has 0 saturated heterocycles. The quantitative estimate of drug-likeness (QED) is 0.831. The van der Waals surface area contributed by atoms with Crippen molar-refractivity contribution in [3.8, 4) is 0 Å². The number of carboxylic acid groups (broad SMARTS) is 1. The number of carbonyl (C=O) groups excluding carboxylic acids is 1. The zero-order valence-electron chi connectivity index (χ0n) is 9.61. The van der Waals surface area contributed by atoms with E-state index in [-0.39, 0.29) is 11.6 Å². The summed E-state index contributed by atoms with van der Waals surface area (Å²) in [5.41, 5.74) is 0.843. The molecule has 1 amide bonds.